The van der Waals surface area contributed by atoms with Crippen molar-refractivity contribution in [3.63, 3.8) is 0 Å². The van der Waals surface area contributed by atoms with Gasteiger partial charge < -0.3 is 20.7 Å². The second-order valence-electron chi connectivity index (χ2n) is 7.56. The van der Waals surface area contributed by atoms with Crippen LogP contribution in [0.15, 0.2) is 55.0 Å². The molecule has 0 spiro atoms. The van der Waals surface area contributed by atoms with Gasteiger partial charge >= 0.3 is 0 Å². The number of hydrogen-bond donors (Lipinski definition) is 2. The lowest BCUT2D eigenvalue weighted by atomic mass is 10.1. The third kappa shape index (κ3) is 3.46. The van der Waals surface area contributed by atoms with Crippen LogP contribution >= 0.6 is 0 Å². The minimum atomic E-state index is -0.350. The molecule has 156 valence electrons. The molecule has 4 aromatic rings. The van der Waals surface area contributed by atoms with E-state index in [1.807, 2.05) is 47.4 Å². The SMILES string of the molecule is COc1cc2ncnc(Nc3cnc4ccccc4c3)c2cc1N1CCCC1C(N)=O. The minimum Gasteiger partial charge on any atom is -0.495 e. The van der Waals surface area contributed by atoms with E-state index in [1.165, 1.54) is 6.33 Å². The number of amides is 1. The van der Waals surface area contributed by atoms with Gasteiger partial charge in [-0.05, 0) is 31.0 Å². The Hall–Kier alpha value is -3.94. The largest absolute Gasteiger partial charge is 0.495 e. The summed E-state index contributed by atoms with van der Waals surface area (Å²) >= 11 is 0. The van der Waals surface area contributed by atoms with Crippen LogP contribution in [0, 0.1) is 0 Å². The standard InChI is InChI=1S/C23H22N6O2/c1-31-21-11-18-16(10-20(21)29-8-4-7-19(29)22(24)30)23(27-13-26-18)28-15-9-14-5-2-3-6-17(14)25-12-15/h2-3,5-6,9-13,19H,4,7-8H2,1H3,(H2,24,30)(H,26,27,28). The molecule has 1 unspecified atom stereocenters. The Bertz CT molecular complexity index is 1290. The zero-order valence-corrected chi connectivity index (χ0v) is 17.1. The number of pyridine rings is 1. The van der Waals surface area contributed by atoms with E-state index >= 15 is 0 Å². The number of para-hydroxylation sites is 1. The number of aromatic nitrogens is 3. The lowest BCUT2D eigenvalue weighted by Gasteiger charge is -2.26. The number of primary amides is 1. The second-order valence-corrected chi connectivity index (χ2v) is 7.56. The summed E-state index contributed by atoms with van der Waals surface area (Å²) in [5, 5.41) is 5.22. The average Bonchev–Trinajstić information content (AvgIpc) is 3.28. The number of fused-ring (bicyclic) bond motifs is 2. The minimum absolute atomic E-state index is 0.329. The molecule has 0 radical (unpaired) electrons. The van der Waals surface area contributed by atoms with Crippen LogP contribution in [0.5, 0.6) is 5.75 Å². The van der Waals surface area contributed by atoms with Crippen LogP contribution in [0.25, 0.3) is 21.8 Å². The van der Waals surface area contributed by atoms with Gasteiger partial charge in [-0.3, -0.25) is 9.78 Å². The van der Waals surface area contributed by atoms with Crippen LogP contribution in [0.2, 0.25) is 0 Å². The van der Waals surface area contributed by atoms with E-state index in [1.54, 1.807) is 13.3 Å². The van der Waals surface area contributed by atoms with Crippen LogP contribution in [-0.4, -0.2) is 40.6 Å². The molecule has 8 heteroatoms. The first kappa shape index (κ1) is 19.0. The predicted octanol–water partition coefficient (Wildman–Crippen LogP) is 3.38. The Morgan fingerprint density at radius 3 is 2.87 bits per heavy atom. The normalized spacial score (nSPS) is 16.0. The number of rotatable bonds is 5. The first-order valence-corrected chi connectivity index (χ1v) is 10.1. The van der Waals surface area contributed by atoms with Crippen molar-refractivity contribution in [2.45, 2.75) is 18.9 Å². The van der Waals surface area contributed by atoms with Gasteiger partial charge in [-0.1, -0.05) is 18.2 Å². The smallest absolute Gasteiger partial charge is 0.240 e. The summed E-state index contributed by atoms with van der Waals surface area (Å²) in [5.41, 5.74) is 8.95. The van der Waals surface area contributed by atoms with Crippen molar-refractivity contribution in [2.75, 3.05) is 23.9 Å². The summed E-state index contributed by atoms with van der Waals surface area (Å²) in [4.78, 5) is 27.3. The molecule has 2 aromatic heterocycles. The van der Waals surface area contributed by atoms with Gasteiger partial charge in [0.2, 0.25) is 5.91 Å². The molecule has 3 N–H and O–H groups in total. The highest BCUT2D eigenvalue weighted by Crippen LogP contribution is 2.38. The van der Waals surface area contributed by atoms with E-state index < -0.39 is 0 Å². The predicted molar refractivity (Wildman–Crippen MR) is 121 cm³/mol. The van der Waals surface area contributed by atoms with Crippen molar-refractivity contribution in [1.82, 2.24) is 15.0 Å². The van der Waals surface area contributed by atoms with Gasteiger partial charge in [0, 0.05) is 23.4 Å². The van der Waals surface area contributed by atoms with Crippen molar-refractivity contribution in [1.29, 1.82) is 0 Å². The highest BCUT2D eigenvalue weighted by Gasteiger charge is 2.31. The highest BCUT2D eigenvalue weighted by atomic mass is 16.5. The molecule has 31 heavy (non-hydrogen) atoms. The van der Waals surface area contributed by atoms with E-state index in [9.17, 15) is 4.79 Å². The number of methoxy groups -OCH3 is 1. The number of hydrogen-bond acceptors (Lipinski definition) is 7. The first-order valence-electron chi connectivity index (χ1n) is 10.1. The molecule has 1 fully saturated rings. The molecular weight excluding hydrogens is 392 g/mol. The monoisotopic (exact) mass is 414 g/mol. The lowest BCUT2D eigenvalue weighted by Crippen LogP contribution is -2.40. The summed E-state index contributed by atoms with van der Waals surface area (Å²) in [6.45, 7) is 0.737. The van der Waals surface area contributed by atoms with Crippen molar-refractivity contribution < 1.29 is 9.53 Å². The fourth-order valence-electron chi connectivity index (χ4n) is 4.19. The summed E-state index contributed by atoms with van der Waals surface area (Å²) in [7, 11) is 1.61. The van der Waals surface area contributed by atoms with Gasteiger partial charge in [0.15, 0.2) is 0 Å². The molecular formula is C23H22N6O2. The quantitative estimate of drug-likeness (QED) is 0.515. The van der Waals surface area contributed by atoms with Crippen molar-refractivity contribution in [3.05, 3.63) is 55.0 Å². The van der Waals surface area contributed by atoms with Crippen molar-refractivity contribution >= 4 is 44.9 Å². The topological polar surface area (TPSA) is 106 Å². The number of anilines is 3. The van der Waals surface area contributed by atoms with E-state index in [-0.39, 0.29) is 11.9 Å². The second kappa shape index (κ2) is 7.71. The molecule has 0 aliphatic carbocycles. The van der Waals surface area contributed by atoms with E-state index in [0.29, 0.717) is 11.6 Å². The molecule has 1 amide bonds. The van der Waals surface area contributed by atoms with Crippen LogP contribution in [0.4, 0.5) is 17.2 Å². The maximum absolute atomic E-state index is 12.0. The molecule has 1 saturated heterocycles. The third-order valence-corrected chi connectivity index (χ3v) is 5.68. The van der Waals surface area contributed by atoms with E-state index in [2.05, 4.69) is 20.3 Å². The maximum atomic E-state index is 12.0. The van der Waals surface area contributed by atoms with Crippen LogP contribution in [0.3, 0.4) is 0 Å². The number of ether oxygens (including phenoxy) is 1. The summed E-state index contributed by atoms with van der Waals surface area (Å²) in [6.07, 6.45) is 4.92. The Kier molecular flexibility index (Phi) is 4.74. The van der Waals surface area contributed by atoms with Crippen LogP contribution < -0.4 is 20.7 Å². The first-order chi connectivity index (χ1) is 15.1. The molecule has 2 aromatic carbocycles. The van der Waals surface area contributed by atoms with Crippen molar-refractivity contribution in [2.24, 2.45) is 5.73 Å². The highest BCUT2D eigenvalue weighted by molar-refractivity contribution is 5.96. The molecule has 5 rings (SSSR count). The van der Waals surface area contributed by atoms with Crippen LogP contribution in [0.1, 0.15) is 12.8 Å². The molecule has 0 saturated carbocycles. The number of benzene rings is 2. The Morgan fingerprint density at radius 1 is 1.16 bits per heavy atom. The summed E-state index contributed by atoms with van der Waals surface area (Å²) < 4.78 is 5.62. The maximum Gasteiger partial charge on any atom is 0.240 e. The van der Waals surface area contributed by atoms with Crippen LogP contribution in [-0.2, 0) is 4.79 Å². The number of nitrogens with zero attached hydrogens (tertiary/aromatic N) is 4. The number of nitrogens with two attached hydrogens (primary N) is 1. The van der Waals surface area contributed by atoms with Gasteiger partial charge in [-0.15, -0.1) is 0 Å². The molecule has 1 atom stereocenters. The van der Waals surface area contributed by atoms with E-state index in [0.717, 1.165) is 52.6 Å². The average molecular weight is 414 g/mol. The molecule has 1 aliphatic rings. The van der Waals surface area contributed by atoms with Gasteiger partial charge in [0.25, 0.3) is 0 Å². The summed E-state index contributed by atoms with van der Waals surface area (Å²) in [5.74, 6) is 0.975. The van der Waals surface area contributed by atoms with E-state index in [4.69, 9.17) is 10.5 Å². The zero-order chi connectivity index (χ0) is 21.4. The van der Waals surface area contributed by atoms with Gasteiger partial charge in [0.05, 0.1) is 35.7 Å². The lowest BCUT2D eigenvalue weighted by molar-refractivity contribution is -0.119. The Morgan fingerprint density at radius 2 is 2.03 bits per heavy atom. The number of nitrogens with one attached hydrogen (secondary N) is 1. The Balaban J connectivity index is 1.59. The van der Waals surface area contributed by atoms with Gasteiger partial charge in [0.1, 0.15) is 23.9 Å². The fraction of sp³-hybridized carbons (Fsp3) is 0.217. The number of carbonyl (C=O) groups excluding carboxylic acids is 1. The number of carbonyl (C=O) groups is 1. The molecule has 0 bridgehead atoms. The zero-order valence-electron chi connectivity index (χ0n) is 17.1. The molecule has 3 heterocycles. The third-order valence-electron chi connectivity index (χ3n) is 5.68. The Labute approximate surface area is 179 Å². The fourth-order valence-corrected chi connectivity index (χ4v) is 4.19. The van der Waals surface area contributed by atoms with Gasteiger partial charge in [-0.2, -0.15) is 0 Å². The molecule has 1 aliphatic heterocycles. The van der Waals surface area contributed by atoms with Gasteiger partial charge in [-0.25, -0.2) is 9.97 Å². The summed E-state index contributed by atoms with van der Waals surface area (Å²) in [6, 6.07) is 13.5. The van der Waals surface area contributed by atoms with Crippen molar-refractivity contribution in [3.8, 4) is 5.75 Å². The molecule has 8 nitrogen and oxygen atoms in total.